The van der Waals surface area contributed by atoms with E-state index in [0.717, 1.165) is 0 Å². The Hall–Kier alpha value is -1.93. The van der Waals surface area contributed by atoms with Crippen molar-refractivity contribution in [3.8, 4) is 0 Å². The quantitative estimate of drug-likeness (QED) is 0.364. The molecular weight excluding hydrogens is 184 g/mol. The number of aliphatic carboxylic acids is 1. The molecule has 0 aromatic heterocycles. The first-order chi connectivity index (χ1) is 5.18. The highest BCUT2D eigenvalue weighted by molar-refractivity contribution is 6.19. The molecule has 0 aliphatic rings. The molecule has 0 aliphatic carbocycles. The molecule has 0 unspecified atom stereocenters. The van der Waals surface area contributed by atoms with E-state index >= 15 is 0 Å². The van der Waals surface area contributed by atoms with Crippen molar-refractivity contribution in [2.45, 2.75) is 0 Å². The third-order valence-electron chi connectivity index (χ3n) is 0.156. The van der Waals surface area contributed by atoms with E-state index in [2.05, 4.69) is 0 Å². The van der Waals surface area contributed by atoms with Crippen LogP contribution in [-0.4, -0.2) is 36.7 Å². The van der Waals surface area contributed by atoms with Crippen LogP contribution in [0.5, 0.6) is 0 Å². The molecule has 0 spiro atoms. The fourth-order valence-corrected chi connectivity index (χ4v) is 0. The van der Waals surface area contributed by atoms with E-state index in [1.165, 1.54) is 0 Å². The molecule has 0 bridgehead atoms. The van der Waals surface area contributed by atoms with Crippen LogP contribution < -0.4 is 12.3 Å². The number of hydrogen-bond acceptors (Lipinski definition) is 7. The molecular formula is C5H12N2O6. The van der Waals surface area contributed by atoms with Crippen LogP contribution in [-0.2, 0) is 24.0 Å². The van der Waals surface area contributed by atoms with Gasteiger partial charge < -0.3 is 22.2 Å². The lowest BCUT2D eigenvalue weighted by molar-refractivity contribution is -0.143. The van der Waals surface area contributed by atoms with Gasteiger partial charge in [-0.3, -0.25) is 14.4 Å². The Morgan fingerprint density at radius 3 is 1.15 bits per heavy atom. The summed E-state index contributed by atoms with van der Waals surface area (Å²) in [4.78, 5) is 43.5. The lowest BCUT2D eigenvalue weighted by Gasteiger charge is -1.59. The summed E-state index contributed by atoms with van der Waals surface area (Å²) in [5.74, 6) is -1.43. The van der Waals surface area contributed by atoms with E-state index in [-0.39, 0.29) is 31.2 Å². The number of carboxylic acid groups (broad SMARTS) is 1. The van der Waals surface area contributed by atoms with Crippen LogP contribution in [0.2, 0.25) is 0 Å². The summed E-state index contributed by atoms with van der Waals surface area (Å²) in [5, 5.41) is 7.35. The third kappa shape index (κ3) is 573. The number of carbonyl (C=O) groups excluding carboxylic acids is 4. The zero-order valence-electron chi connectivity index (χ0n) is 6.84. The highest BCUT2D eigenvalue weighted by atomic mass is 16.4. The average molecular weight is 196 g/mol. The Morgan fingerprint density at radius 1 is 1.00 bits per heavy atom. The molecule has 0 saturated carbocycles. The maximum atomic E-state index is 9.00. The second-order valence-corrected chi connectivity index (χ2v) is 0.728. The largest absolute Gasteiger partial charge is 0.476 e. The Morgan fingerprint density at radius 2 is 1.15 bits per heavy atom. The molecule has 0 rings (SSSR count). The van der Waals surface area contributed by atoms with Crippen LogP contribution in [0.25, 0.3) is 0 Å². The first-order valence-corrected chi connectivity index (χ1v) is 2.05. The number of hydrogen-bond donors (Lipinski definition) is 3. The summed E-state index contributed by atoms with van der Waals surface area (Å²) in [6, 6.07) is 0. The molecule has 0 heterocycles. The summed E-state index contributed by atoms with van der Waals surface area (Å²) in [7, 11) is 0. The highest BCUT2D eigenvalue weighted by Gasteiger charge is 1.80. The molecule has 0 saturated heterocycles. The molecule has 13 heavy (non-hydrogen) atoms. The molecule has 0 fully saturated rings. The van der Waals surface area contributed by atoms with Gasteiger partial charge >= 0.3 is 5.97 Å². The van der Waals surface area contributed by atoms with Crippen LogP contribution in [0, 0.1) is 0 Å². The Labute approximate surface area is 74.1 Å². The number of rotatable bonds is 2. The van der Waals surface area contributed by atoms with Gasteiger partial charge in [0.15, 0.2) is 12.6 Å². The van der Waals surface area contributed by atoms with E-state index in [0.29, 0.717) is 0 Å². The summed E-state index contributed by atoms with van der Waals surface area (Å²) in [6.45, 7) is 2.00. The minimum atomic E-state index is -1.43. The number of carboxylic acids is 1. The minimum Gasteiger partial charge on any atom is -0.476 e. The Balaban J connectivity index is -0.0000000246. The summed E-state index contributed by atoms with van der Waals surface area (Å²) in [6.07, 6.45) is 0.222. The zero-order valence-corrected chi connectivity index (χ0v) is 6.84. The van der Waals surface area contributed by atoms with Crippen LogP contribution in [0.15, 0.2) is 0 Å². The van der Waals surface area contributed by atoms with Gasteiger partial charge in [-0.2, -0.15) is 0 Å². The normalized spacial score (nSPS) is 4.31. The average Bonchev–Trinajstić information content (AvgIpc) is 2.08. The van der Waals surface area contributed by atoms with Gasteiger partial charge in [0.05, 0.1) is 0 Å². The van der Waals surface area contributed by atoms with Crippen LogP contribution in [0.3, 0.4) is 0 Å². The van der Waals surface area contributed by atoms with Gasteiger partial charge in [0.25, 0.3) is 0 Å². The molecule has 8 heteroatoms. The van der Waals surface area contributed by atoms with Crippen molar-refractivity contribution in [3.63, 3.8) is 0 Å². The van der Waals surface area contributed by atoms with Gasteiger partial charge in [0.2, 0.25) is 6.29 Å². The standard InChI is InChI=1S/C2H2O3.C2H2O2.CH2O.2H3N/c3-1-2(4)5;3-1-2-4;1-2;;/h1H,(H,4,5);1-2H;1H2;2*1H3. The fraction of sp³-hybridized carbons (Fsp3) is 0. The van der Waals surface area contributed by atoms with Gasteiger partial charge in [-0.1, -0.05) is 0 Å². The second-order valence-electron chi connectivity index (χ2n) is 0.728. The molecule has 0 amide bonds. The molecule has 78 valence electrons. The smallest absolute Gasteiger partial charge is 0.368 e. The lowest BCUT2D eigenvalue weighted by atomic mass is 10.8. The molecule has 7 N–H and O–H groups in total. The van der Waals surface area contributed by atoms with Crippen LogP contribution in [0.4, 0.5) is 0 Å². The Bertz CT molecular complexity index is 131. The topological polar surface area (TPSA) is 176 Å². The van der Waals surface area contributed by atoms with Gasteiger partial charge in [-0.25, -0.2) is 4.79 Å². The van der Waals surface area contributed by atoms with Crippen molar-refractivity contribution < 1.29 is 29.1 Å². The van der Waals surface area contributed by atoms with E-state index in [9.17, 15) is 0 Å². The Kier molecular flexibility index (Phi) is 117. The molecule has 0 aromatic rings. The van der Waals surface area contributed by atoms with Crippen LogP contribution >= 0.6 is 0 Å². The van der Waals surface area contributed by atoms with Crippen molar-refractivity contribution in [1.82, 2.24) is 12.3 Å². The SMILES string of the molecule is C=O.N.N.O=CC(=O)O.O=CC=O. The number of carbonyl (C=O) groups is 5. The van der Waals surface area contributed by atoms with Gasteiger partial charge in [-0.15, -0.1) is 0 Å². The predicted molar refractivity (Wildman–Crippen MR) is 43.0 cm³/mol. The van der Waals surface area contributed by atoms with E-state index in [4.69, 9.17) is 29.1 Å². The van der Waals surface area contributed by atoms with Gasteiger partial charge in [0.1, 0.15) is 6.79 Å². The molecule has 8 nitrogen and oxygen atoms in total. The van der Waals surface area contributed by atoms with Crippen molar-refractivity contribution in [2.75, 3.05) is 0 Å². The molecule has 0 radical (unpaired) electrons. The van der Waals surface area contributed by atoms with Crippen molar-refractivity contribution in [2.24, 2.45) is 0 Å². The zero-order chi connectivity index (χ0) is 9.70. The first-order valence-electron chi connectivity index (χ1n) is 2.05. The fourth-order valence-electron chi connectivity index (χ4n) is 0. The predicted octanol–water partition coefficient (Wildman–Crippen LogP) is -1.21. The summed E-state index contributed by atoms with van der Waals surface area (Å²) >= 11 is 0. The van der Waals surface area contributed by atoms with Gasteiger partial charge in [0, 0.05) is 0 Å². The number of aldehydes is 3. The van der Waals surface area contributed by atoms with Crippen molar-refractivity contribution >= 4 is 31.6 Å². The molecule has 0 aromatic carbocycles. The van der Waals surface area contributed by atoms with Crippen molar-refractivity contribution in [1.29, 1.82) is 0 Å². The third-order valence-corrected chi connectivity index (χ3v) is 0.156. The van der Waals surface area contributed by atoms with Crippen molar-refractivity contribution in [3.05, 3.63) is 0 Å². The monoisotopic (exact) mass is 196 g/mol. The minimum absolute atomic E-state index is 0. The van der Waals surface area contributed by atoms with Crippen LogP contribution in [0.1, 0.15) is 0 Å². The summed E-state index contributed by atoms with van der Waals surface area (Å²) < 4.78 is 0. The first kappa shape index (κ1) is 30.5. The molecule has 0 aliphatic heterocycles. The van der Waals surface area contributed by atoms with E-state index in [1.807, 2.05) is 6.79 Å². The molecule has 0 atom stereocenters. The maximum Gasteiger partial charge on any atom is 0.368 e. The van der Waals surface area contributed by atoms with E-state index in [1.54, 1.807) is 0 Å². The second kappa shape index (κ2) is 50.0. The lowest BCUT2D eigenvalue weighted by Crippen LogP contribution is -1.91. The van der Waals surface area contributed by atoms with Gasteiger partial charge in [-0.05, 0) is 0 Å². The van der Waals surface area contributed by atoms with E-state index < -0.39 is 5.97 Å². The highest BCUT2D eigenvalue weighted by Crippen LogP contribution is 1.39. The summed E-state index contributed by atoms with van der Waals surface area (Å²) in [5.41, 5.74) is 0. The maximum absolute atomic E-state index is 9.00.